The number of hydrogen-bond acceptors (Lipinski definition) is 8. The molecule has 36 heavy (non-hydrogen) atoms. The van der Waals surface area contributed by atoms with Crippen LogP contribution in [-0.4, -0.2) is 56.4 Å². The van der Waals surface area contributed by atoms with Crippen molar-refractivity contribution in [1.82, 2.24) is 0 Å². The van der Waals surface area contributed by atoms with Crippen LogP contribution in [0.2, 0.25) is 0 Å². The summed E-state index contributed by atoms with van der Waals surface area (Å²) in [5.74, 6) is -2.18. The molecule has 0 unspecified atom stereocenters. The Morgan fingerprint density at radius 2 is 1.56 bits per heavy atom. The van der Waals surface area contributed by atoms with Crippen molar-refractivity contribution in [2.45, 2.75) is 0 Å². The van der Waals surface area contributed by atoms with Gasteiger partial charge in [-0.1, -0.05) is 24.3 Å². The highest BCUT2D eigenvalue weighted by atomic mass is 16.5. The number of carbonyl (C=O) groups excluding carboxylic acids is 4. The lowest BCUT2D eigenvalue weighted by atomic mass is 9.82. The van der Waals surface area contributed by atoms with Gasteiger partial charge in [-0.05, 0) is 36.4 Å². The summed E-state index contributed by atoms with van der Waals surface area (Å²) in [4.78, 5) is 53.0. The molecule has 0 saturated carbocycles. The lowest BCUT2D eigenvalue weighted by molar-refractivity contribution is -0.119. The molecule has 182 valence electrons. The van der Waals surface area contributed by atoms with Crippen LogP contribution in [0.1, 0.15) is 42.2 Å². The summed E-state index contributed by atoms with van der Waals surface area (Å²) in [6, 6.07) is 16.5. The van der Waals surface area contributed by atoms with Crippen molar-refractivity contribution in [3.8, 4) is 0 Å². The number of amides is 1. The van der Waals surface area contributed by atoms with Crippen LogP contribution in [0.5, 0.6) is 0 Å². The number of nitrogens with two attached hydrogens (primary N) is 1. The van der Waals surface area contributed by atoms with Crippen molar-refractivity contribution in [3.63, 3.8) is 0 Å². The Morgan fingerprint density at radius 3 is 2.25 bits per heavy atom. The SMILES string of the molecule is Nc1c(C(=O)OCC(=O)Nc2ccc(N3CCOCC3)cc2)ccc2c1C(=O)c1ccccc1C2=O. The molecule has 5 rings (SSSR count). The van der Waals surface area contributed by atoms with E-state index in [-0.39, 0.29) is 33.7 Å². The van der Waals surface area contributed by atoms with Crippen LogP contribution in [0.15, 0.2) is 60.7 Å². The predicted molar refractivity (Wildman–Crippen MR) is 133 cm³/mol. The number of nitrogen functional groups attached to an aromatic ring is 1. The number of nitrogens with one attached hydrogen (secondary N) is 1. The van der Waals surface area contributed by atoms with Gasteiger partial charge in [-0.3, -0.25) is 14.4 Å². The minimum atomic E-state index is -0.868. The Balaban J connectivity index is 1.24. The fourth-order valence-corrected chi connectivity index (χ4v) is 4.37. The standard InChI is InChI=1S/C27H23N3O6/c28-24-21(10-9-20-23(24)26(33)19-4-2-1-3-18(19)25(20)32)27(34)36-15-22(31)29-16-5-7-17(8-6-16)30-11-13-35-14-12-30/h1-10H,11-15,28H2,(H,29,31). The molecule has 9 heteroatoms. The molecule has 0 bridgehead atoms. The van der Waals surface area contributed by atoms with Gasteiger partial charge in [-0.2, -0.15) is 0 Å². The lowest BCUT2D eigenvalue weighted by Crippen LogP contribution is -2.36. The van der Waals surface area contributed by atoms with E-state index in [1.165, 1.54) is 12.1 Å². The minimum absolute atomic E-state index is 0.0297. The monoisotopic (exact) mass is 485 g/mol. The highest BCUT2D eigenvalue weighted by Crippen LogP contribution is 2.33. The summed E-state index contributed by atoms with van der Waals surface area (Å²) in [5, 5.41) is 2.68. The minimum Gasteiger partial charge on any atom is -0.452 e. The number of hydrogen-bond donors (Lipinski definition) is 2. The summed E-state index contributed by atoms with van der Waals surface area (Å²) in [6.45, 7) is 2.42. The van der Waals surface area contributed by atoms with Crippen LogP contribution >= 0.6 is 0 Å². The van der Waals surface area contributed by atoms with Crippen molar-refractivity contribution >= 4 is 40.5 Å². The van der Waals surface area contributed by atoms with E-state index in [9.17, 15) is 19.2 Å². The highest BCUT2D eigenvalue weighted by Gasteiger charge is 2.33. The number of benzene rings is 3. The molecular formula is C27H23N3O6. The van der Waals surface area contributed by atoms with Crippen LogP contribution in [0.4, 0.5) is 17.1 Å². The normalized spacial score (nSPS) is 14.6. The first-order valence-electron chi connectivity index (χ1n) is 11.4. The van der Waals surface area contributed by atoms with E-state index in [4.69, 9.17) is 15.2 Å². The number of ketones is 2. The number of anilines is 3. The summed E-state index contributed by atoms with van der Waals surface area (Å²) < 4.78 is 10.5. The average molecular weight is 485 g/mol. The molecule has 1 amide bonds. The maximum atomic E-state index is 13.0. The van der Waals surface area contributed by atoms with Gasteiger partial charge in [-0.15, -0.1) is 0 Å². The molecule has 2 aliphatic rings. The van der Waals surface area contributed by atoms with Crippen LogP contribution in [0.3, 0.4) is 0 Å². The second-order valence-corrected chi connectivity index (χ2v) is 8.42. The van der Waals surface area contributed by atoms with Crippen LogP contribution in [0.25, 0.3) is 0 Å². The molecule has 3 aromatic rings. The number of ether oxygens (including phenoxy) is 2. The van der Waals surface area contributed by atoms with Crippen molar-refractivity contribution in [2.24, 2.45) is 0 Å². The molecule has 0 spiro atoms. The van der Waals surface area contributed by atoms with Crippen LogP contribution in [0, 0.1) is 0 Å². The van der Waals surface area contributed by atoms with Gasteiger partial charge in [0.15, 0.2) is 18.2 Å². The summed E-state index contributed by atoms with van der Waals surface area (Å²) in [5.41, 5.74) is 8.11. The van der Waals surface area contributed by atoms with Crippen LogP contribution < -0.4 is 16.0 Å². The van der Waals surface area contributed by atoms with E-state index in [0.717, 1.165) is 18.8 Å². The molecule has 1 heterocycles. The number of carbonyl (C=O) groups is 4. The molecular weight excluding hydrogens is 462 g/mol. The van der Waals surface area contributed by atoms with E-state index < -0.39 is 24.3 Å². The van der Waals surface area contributed by atoms with Gasteiger partial charge in [0.2, 0.25) is 0 Å². The zero-order valence-electron chi connectivity index (χ0n) is 19.3. The number of morpholine rings is 1. The Labute approximate surface area is 206 Å². The van der Waals surface area contributed by atoms with Gasteiger partial charge < -0.3 is 25.4 Å². The second kappa shape index (κ2) is 9.63. The molecule has 0 radical (unpaired) electrons. The molecule has 1 fully saturated rings. The number of rotatable bonds is 5. The first-order chi connectivity index (χ1) is 17.4. The Morgan fingerprint density at radius 1 is 0.889 bits per heavy atom. The third kappa shape index (κ3) is 4.32. The van der Waals surface area contributed by atoms with Gasteiger partial charge >= 0.3 is 5.97 Å². The quantitative estimate of drug-likeness (QED) is 0.326. The van der Waals surface area contributed by atoms with Crippen molar-refractivity contribution in [2.75, 3.05) is 48.9 Å². The number of nitrogens with zero attached hydrogens (tertiary/aromatic N) is 1. The Bertz CT molecular complexity index is 1380. The summed E-state index contributed by atoms with van der Waals surface area (Å²) in [6.07, 6.45) is 0. The molecule has 0 aromatic heterocycles. The molecule has 1 saturated heterocycles. The fourth-order valence-electron chi connectivity index (χ4n) is 4.37. The van der Waals surface area contributed by atoms with E-state index in [1.54, 1.807) is 36.4 Å². The molecule has 9 nitrogen and oxygen atoms in total. The Hall–Kier alpha value is -4.50. The summed E-state index contributed by atoms with van der Waals surface area (Å²) >= 11 is 0. The number of fused-ring (bicyclic) bond motifs is 2. The smallest absolute Gasteiger partial charge is 0.340 e. The zero-order valence-corrected chi connectivity index (χ0v) is 19.3. The molecule has 1 aliphatic carbocycles. The average Bonchev–Trinajstić information content (AvgIpc) is 2.91. The van der Waals surface area contributed by atoms with Gasteiger partial charge in [0.1, 0.15) is 0 Å². The second-order valence-electron chi connectivity index (χ2n) is 8.42. The first kappa shape index (κ1) is 23.3. The number of esters is 1. The van der Waals surface area contributed by atoms with Crippen molar-refractivity contribution in [3.05, 3.63) is 88.5 Å². The Kier molecular flexibility index (Phi) is 6.22. The van der Waals surface area contributed by atoms with E-state index in [2.05, 4.69) is 10.2 Å². The molecule has 3 aromatic carbocycles. The van der Waals surface area contributed by atoms with Crippen molar-refractivity contribution in [1.29, 1.82) is 0 Å². The highest BCUT2D eigenvalue weighted by molar-refractivity contribution is 6.30. The van der Waals surface area contributed by atoms with Gasteiger partial charge in [0.25, 0.3) is 5.91 Å². The maximum Gasteiger partial charge on any atom is 0.340 e. The van der Waals surface area contributed by atoms with E-state index >= 15 is 0 Å². The van der Waals surface area contributed by atoms with Crippen molar-refractivity contribution < 1.29 is 28.7 Å². The fraction of sp³-hybridized carbons (Fsp3) is 0.185. The topological polar surface area (TPSA) is 128 Å². The zero-order chi connectivity index (χ0) is 25.2. The summed E-state index contributed by atoms with van der Waals surface area (Å²) in [7, 11) is 0. The van der Waals surface area contributed by atoms with Gasteiger partial charge in [-0.25, -0.2) is 4.79 Å². The van der Waals surface area contributed by atoms with Crippen LogP contribution in [-0.2, 0) is 14.3 Å². The molecule has 0 atom stereocenters. The first-order valence-corrected chi connectivity index (χ1v) is 11.4. The van der Waals surface area contributed by atoms with E-state index in [1.807, 2.05) is 12.1 Å². The maximum absolute atomic E-state index is 13.0. The predicted octanol–water partition coefficient (Wildman–Crippen LogP) is 2.68. The van der Waals surface area contributed by atoms with Gasteiger partial charge in [0.05, 0.1) is 30.0 Å². The lowest BCUT2D eigenvalue weighted by Gasteiger charge is -2.28. The molecule has 1 aliphatic heterocycles. The third-order valence-electron chi connectivity index (χ3n) is 6.22. The molecule has 3 N–H and O–H groups in total. The largest absolute Gasteiger partial charge is 0.452 e. The van der Waals surface area contributed by atoms with Gasteiger partial charge in [0, 0.05) is 41.2 Å². The van der Waals surface area contributed by atoms with E-state index in [0.29, 0.717) is 24.5 Å². The third-order valence-corrected chi connectivity index (χ3v) is 6.22.